The van der Waals surface area contributed by atoms with E-state index in [2.05, 4.69) is 84.9 Å². The van der Waals surface area contributed by atoms with E-state index in [4.69, 9.17) is 18.6 Å². The molecule has 0 unspecified atom stereocenters. The summed E-state index contributed by atoms with van der Waals surface area (Å²) in [7, 11) is 0. The average molecular weight is 857 g/mol. The Morgan fingerprint density at radius 3 is 2.11 bits per heavy atom. The summed E-state index contributed by atoms with van der Waals surface area (Å²) in [5.74, 6) is -0.594. The minimum atomic E-state index is -1.13. The van der Waals surface area contributed by atoms with Gasteiger partial charge in [0.05, 0.1) is 5.56 Å². The number of benzene rings is 5. The molecule has 9 rings (SSSR count). The predicted molar refractivity (Wildman–Crippen MR) is 253 cm³/mol. The lowest BCUT2D eigenvalue weighted by molar-refractivity contribution is -0.192. The first-order chi connectivity index (χ1) is 30.9. The van der Waals surface area contributed by atoms with E-state index in [1.807, 2.05) is 77.1 Å². The van der Waals surface area contributed by atoms with E-state index in [0.717, 1.165) is 42.4 Å². The summed E-state index contributed by atoms with van der Waals surface area (Å²) in [5, 5.41) is 0.673. The van der Waals surface area contributed by atoms with Crippen LogP contribution in [0.25, 0.3) is 11.0 Å². The van der Waals surface area contributed by atoms with Gasteiger partial charge in [0, 0.05) is 22.9 Å². The van der Waals surface area contributed by atoms with Crippen molar-refractivity contribution in [2.75, 3.05) is 0 Å². The molecule has 7 heteroatoms. The minimum absolute atomic E-state index is 0.0575. The van der Waals surface area contributed by atoms with Gasteiger partial charge in [-0.2, -0.15) is 0 Å². The molecule has 7 nitrogen and oxygen atoms in total. The second-order valence-electron chi connectivity index (χ2n) is 18.6. The number of fused-ring (bicyclic) bond motifs is 13. The normalized spacial score (nSPS) is 20.3. The summed E-state index contributed by atoms with van der Waals surface area (Å²) >= 11 is 0. The van der Waals surface area contributed by atoms with Crippen LogP contribution in [0.4, 0.5) is 0 Å². The van der Waals surface area contributed by atoms with Crippen molar-refractivity contribution in [2.24, 2.45) is 5.92 Å². The van der Waals surface area contributed by atoms with Crippen molar-refractivity contribution in [1.82, 2.24) is 0 Å². The zero-order valence-electron chi connectivity index (χ0n) is 37.9. The zero-order chi connectivity index (χ0) is 44.8. The molecule has 2 bridgehead atoms. The van der Waals surface area contributed by atoms with Crippen LogP contribution in [0, 0.1) is 5.92 Å². The molecule has 0 N–H and O–H groups in total. The number of aryl methyl sites for hydroxylation is 3. The standard InChI is InChI=1S/C57H60O7/c1-37(2)47-29-27-40-21-23-43(24-22-40)34-45(26-25-42-18-12-19-44(33-42)32-41-16-10-7-11-17-41)35-50(58)61-53-51-49(30-28-46-36-48(38(3)4)56(60)62-52(46)51)64-57(5,54(53)63-55(47)59)31-13-20-39-14-8-6-9-15-39/h6-12,14-19,21-24,28,30,33,36,38,45,53-54H,13,20,25-27,29,31-32,34-35H2,1-5H3/t45-,53-,54-,57-/m0/s1. The Balaban J connectivity index is 1.18. The number of rotatable bonds is 10. The number of esters is 2. The van der Waals surface area contributed by atoms with Crippen molar-refractivity contribution < 1.29 is 28.2 Å². The highest BCUT2D eigenvalue weighted by Gasteiger charge is 2.52. The quantitative estimate of drug-likeness (QED) is 0.0769. The number of carbonyl (C=O) groups is 2. The maximum Gasteiger partial charge on any atom is 0.339 e. The average Bonchev–Trinajstić information content (AvgIpc) is 3.27. The lowest BCUT2D eigenvalue weighted by Gasteiger charge is -2.45. The predicted octanol–water partition coefficient (Wildman–Crippen LogP) is 12.3. The molecule has 0 radical (unpaired) electrons. The molecular weight excluding hydrogens is 797 g/mol. The Morgan fingerprint density at radius 1 is 0.703 bits per heavy atom. The van der Waals surface area contributed by atoms with E-state index in [1.165, 1.54) is 22.3 Å². The molecular formula is C57H60O7. The number of hydrogen-bond donors (Lipinski definition) is 0. The van der Waals surface area contributed by atoms with Gasteiger partial charge in [0.15, 0.2) is 12.2 Å². The molecule has 0 aliphatic carbocycles. The number of carbonyl (C=O) groups excluding carboxylic acids is 2. The van der Waals surface area contributed by atoms with Crippen LogP contribution >= 0.6 is 0 Å². The van der Waals surface area contributed by atoms with Crippen LogP contribution in [0.3, 0.4) is 0 Å². The van der Waals surface area contributed by atoms with Crippen molar-refractivity contribution >= 4 is 22.9 Å². The topological polar surface area (TPSA) is 92.0 Å². The van der Waals surface area contributed by atoms with Crippen LogP contribution in [-0.4, -0.2) is 23.6 Å². The second kappa shape index (κ2) is 19.7. The van der Waals surface area contributed by atoms with Gasteiger partial charge in [-0.25, -0.2) is 9.59 Å². The molecule has 3 aliphatic rings. The van der Waals surface area contributed by atoms with Gasteiger partial charge in [0.25, 0.3) is 0 Å². The molecule has 0 amide bonds. The summed E-state index contributed by atoms with van der Waals surface area (Å²) in [6, 6.07) is 43.6. The van der Waals surface area contributed by atoms with Gasteiger partial charge < -0.3 is 18.6 Å². The lowest BCUT2D eigenvalue weighted by atomic mass is 9.82. The Bertz CT molecular complexity index is 2670. The smallest absolute Gasteiger partial charge is 0.339 e. The number of ether oxygens (including phenoxy) is 3. The Labute approximate surface area is 377 Å². The maximum atomic E-state index is 14.8. The highest BCUT2D eigenvalue weighted by molar-refractivity contribution is 5.90. The van der Waals surface area contributed by atoms with Crippen molar-refractivity contribution in [3.05, 3.63) is 193 Å². The highest BCUT2D eigenvalue weighted by Crippen LogP contribution is 2.49. The molecule has 4 atom stereocenters. The van der Waals surface area contributed by atoms with Crippen LogP contribution in [0.5, 0.6) is 5.75 Å². The monoisotopic (exact) mass is 856 g/mol. The summed E-state index contributed by atoms with van der Waals surface area (Å²) in [6.45, 7) is 9.70. The highest BCUT2D eigenvalue weighted by atomic mass is 16.6. The van der Waals surface area contributed by atoms with Gasteiger partial charge in [0.1, 0.15) is 16.9 Å². The molecule has 1 aromatic heterocycles. The van der Waals surface area contributed by atoms with E-state index in [9.17, 15) is 14.4 Å². The molecule has 0 fully saturated rings. The second-order valence-corrected chi connectivity index (χ2v) is 18.6. The van der Waals surface area contributed by atoms with Gasteiger partial charge in [-0.3, -0.25) is 4.79 Å². The largest absolute Gasteiger partial charge is 0.483 e. The van der Waals surface area contributed by atoms with Crippen LogP contribution < -0.4 is 10.4 Å². The Hall–Kier alpha value is -6.21. The lowest BCUT2D eigenvalue weighted by Crippen LogP contribution is -2.54. The molecule has 6 aromatic rings. The first-order valence-electron chi connectivity index (χ1n) is 23.0. The van der Waals surface area contributed by atoms with Gasteiger partial charge in [-0.15, -0.1) is 0 Å². The minimum Gasteiger partial charge on any atom is -0.483 e. The molecule has 0 saturated carbocycles. The molecule has 0 spiro atoms. The SMILES string of the molecule is CC(C)=C1CCc2ccc(cc2)C[C@H](CCc2cccc(Cc3ccccc3)c2)CC(=O)O[C@H]2c3c(ccc4cc(C(C)C)c(=O)oc34)O[C@@](C)(CCCc3ccccc3)[C@H]2OC1=O. The number of hydrogen-bond acceptors (Lipinski definition) is 7. The van der Waals surface area contributed by atoms with E-state index in [1.54, 1.807) is 0 Å². The fourth-order valence-electron chi connectivity index (χ4n) is 9.52. The summed E-state index contributed by atoms with van der Waals surface area (Å²) in [4.78, 5) is 43.0. The maximum absolute atomic E-state index is 14.8. The van der Waals surface area contributed by atoms with Gasteiger partial charge in [0.2, 0.25) is 0 Å². The van der Waals surface area contributed by atoms with Crippen LogP contribution in [0.1, 0.15) is 123 Å². The first kappa shape index (κ1) is 44.4. The van der Waals surface area contributed by atoms with Crippen molar-refractivity contribution in [1.29, 1.82) is 0 Å². The third-order valence-electron chi connectivity index (χ3n) is 13.1. The van der Waals surface area contributed by atoms with Crippen molar-refractivity contribution in [3.63, 3.8) is 0 Å². The van der Waals surface area contributed by atoms with Gasteiger partial charge in [-0.05, 0) is 142 Å². The summed E-state index contributed by atoms with van der Waals surface area (Å²) in [5.41, 5.74) is 8.22. The molecule has 64 heavy (non-hydrogen) atoms. The van der Waals surface area contributed by atoms with E-state index in [0.29, 0.717) is 59.9 Å². The summed E-state index contributed by atoms with van der Waals surface area (Å²) < 4.78 is 26.5. The van der Waals surface area contributed by atoms with Crippen LogP contribution in [0.2, 0.25) is 0 Å². The van der Waals surface area contributed by atoms with Crippen LogP contribution in [-0.2, 0) is 51.2 Å². The molecule has 0 saturated heterocycles. The van der Waals surface area contributed by atoms with Crippen molar-refractivity contribution in [3.8, 4) is 5.75 Å². The Morgan fingerprint density at radius 2 is 1.39 bits per heavy atom. The van der Waals surface area contributed by atoms with Gasteiger partial charge in [-0.1, -0.05) is 129 Å². The van der Waals surface area contributed by atoms with Crippen molar-refractivity contribution in [2.45, 2.75) is 123 Å². The van der Waals surface area contributed by atoms with Crippen LogP contribution in [0.15, 0.2) is 148 Å². The fourth-order valence-corrected chi connectivity index (χ4v) is 9.52. The third-order valence-corrected chi connectivity index (χ3v) is 13.1. The van der Waals surface area contributed by atoms with E-state index < -0.39 is 35.4 Å². The van der Waals surface area contributed by atoms with E-state index in [-0.39, 0.29) is 23.8 Å². The molecule has 330 valence electrons. The Kier molecular flexibility index (Phi) is 13.6. The van der Waals surface area contributed by atoms with E-state index >= 15 is 0 Å². The molecule has 5 aromatic carbocycles. The number of allylic oxidation sites excluding steroid dienone is 1. The first-order valence-corrected chi connectivity index (χ1v) is 23.0. The van der Waals surface area contributed by atoms with Gasteiger partial charge >= 0.3 is 17.6 Å². The third kappa shape index (κ3) is 10.4. The molecule has 3 aliphatic heterocycles. The zero-order valence-corrected chi connectivity index (χ0v) is 37.9. The summed E-state index contributed by atoms with van der Waals surface area (Å²) in [6.07, 6.45) is 4.13. The fraction of sp³-hybridized carbons (Fsp3) is 0.351. The molecule has 4 heterocycles.